The highest BCUT2D eigenvalue weighted by Gasteiger charge is 2.16. The van der Waals surface area contributed by atoms with Crippen LogP contribution in [0, 0.1) is 13.8 Å². The van der Waals surface area contributed by atoms with Crippen molar-refractivity contribution in [1.29, 1.82) is 0 Å². The van der Waals surface area contributed by atoms with E-state index in [-0.39, 0.29) is 0 Å². The molecule has 1 aliphatic heterocycles. The van der Waals surface area contributed by atoms with E-state index < -0.39 is 0 Å². The SMILES string of the molecule is Cc1nc(C)c(CN(C)CC2CCCN2)s1. The molecular formula is C12H21N3S. The number of hydrogen-bond acceptors (Lipinski definition) is 4. The number of nitrogens with one attached hydrogen (secondary N) is 1. The molecule has 0 saturated carbocycles. The number of aryl methyl sites for hydroxylation is 2. The maximum atomic E-state index is 4.47. The lowest BCUT2D eigenvalue weighted by molar-refractivity contribution is 0.295. The first-order valence-corrected chi connectivity index (χ1v) is 6.81. The first-order chi connectivity index (χ1) is 7.65. The number of nitrogens with zero attached hydrogens (tertiary/aromatic N) is 2. The van der Waals surface area contributed by atoms with E-state index in [1.165, 1.54) is 35.0 Å². The molecule has 1 aromatic heterocycles. The van der Waals surface area contributed by atoms with Crippen LogP contribution in [-0.4, -0.2) is 36.1 Å². The molecular weight excluding hydrogens is 218 g/mol. The van der Waals surface area contributed by atoms with Crippen LogP contribution in [0.25, 0.3) is 0 Å². The van der Waals surface area contributed by atoms with Gasteiger partial charge >= 0.3 is 0 Å². The summed E-state index contributed by atoms with van der Waals surface area (Å²) in [4.78, 5) is 8.29. The van der Waals surface area contributed by atoms with Crippen molar-refractivity contribution in [2.24, 2.45) is 0 Å². The van der Waals surface area contributed by atoms with Gasteiger partial charge in [0.05, 0.1) is 10.7 Å². The van der Waals surface area contributed by atoms with Crippen molar-refractivity contribution in [2.45, 2.75) is 39.3 Å². The first-order valence-electron chi connectivity index (χ1n) is 6.00. The van der Waals surface area contributed by atoms with Crippen LogP contribution in [0.5, 0.6) is 0 Å². The Morgan fingerprint density at radius 1 is 1.50 bits per heavy atom. The molecule has 16 heavy (non-hydrogen) atoms. The lowest BCUT2D eigenvalue weighted by atomic mass is 10.2. The Balaban J connectivity index is 1.86. The van der Waals surface area contributed by atoms with E-state index in [0.717, 1.165) is 13.1 Å². The van der Waals surface area contributed by atoms with E-state index in [1.54, 1.807) is 0 Å². The third kappa shape index (κ3) is 3.03. The largest absolute Gasteiger partial charge is 0.313 e. The average Bonchev–Trinajstić information content (AvgIpc) is 2.78. The van der Waals surface area contributed by atoms with Crippen molar-refractivity contribution >= 4 is 11.3 Å². The minimum Gasteiger partial charge on any atom is -0.313 e. The third-order valence-corrected chi connectivity index (χ3v) is 4.17. The van der Waals surface area contributed by atoms with Gasteiger partial charge in [-0.2, -0.15) is 0 Å². The van der Waals surface area contributed by atoms with Crippen molar-refractivity contribution in [3.8, 4) is 0 Å². The molecule has 0 radical (unpaired) electrons. The first kappa shape index (κ1) is 12.0. The van der Waals surface area contributed by atoms with Crippen LogP contribution < -0.4 is 5.32 Å². The Morgan fingerprint density at radius 3 is 2.88 bits per heavy atom. The van der Waals surface area contributed by atoms with E-state index in [0.29, 0.717) is 6.04 Å². The highest BCUT2D eigenvalue weighted by Crippen LogP contribution is 2.19. The van der Waals surface area contributed by atoms with Gasteiger partial charge in [0, 0.05) is 24.0 Å². The topological polar surface area (TPSA) is 28.2 Å². The molecule has 90 valence electrons. The van der Waals surface area contributed by atoms with Crippen molar-refractivity contribution in [3.63, 3.8) is 0 Å². The van der Waals surface area contributed by atoms with Crippen LogP contribution in [0.3, 0.4) is 0 Å². The van der Waals surface area contributed by atoms with Crippen molar-refractivity contribution < 1.29 is 0 Å². The lowest BCUT2D eigenvalue weighted by Gasteiger charge is -2.20. The summed E-state index contributed by atoms with van der Waals surface area (Å²) in [5, 5.41) is 4.72. The summed E-state index contributed by atoms with van der Waals surface area (Å²) < 4.78 is 0. The molecule has 0 aliphatic carbocycles. The molecule has 1 saturated heterocycles. The zero-order valence-electron chi connectivity index (χ0n) is 10.4. The fourth-order valence-electron chi connectivity index (χ4n) is 2.32. The van der Waals surface area contributed by atoms with Crippen LogP contribution in [0.2, 0.25) is 0 Å². The minimum atomic E-state index is 0.694. The van der Waals surface area contributed by atoms with Crippen LogP contribution in [0.1, 0.15) is 28.4 Å². The molecule has 0 spiro atoms. The van der Waals surface area contributed by atoms with Crippen LogP contribution >= 0.6 is 11.3 Å². The summed E-state index contributed by atoms with van der Waals surface area (Å²) in [6, 6.07) is 0.694. The van der Waals surface area contributed by atoms with Gasteiger partial charge < -0.3 is 5.32 Å². The summed E-state index contributed by atoms with van der Waals surface area (Å²) in [5.74, 6) is 0. The van der Waals surface area contributed by atoms with Crippen LogP contribution in [-0.2, 0) is 6.54 Å². The highest BCUT2D eigenvalue weighted by molar-refractivity contribution is 7.11. The Bertz CT molecular complexity index is 342. The summed E-state index contributed by atoms with van der Waals surface area (Å²) in [6.07, 6.45) is 2.66. The molecule has 2 heterocycles. The Morgan fingerprint density at radius 2 is 2.31 bits per heavy atom. The van der Waals surface area contributed by atoms with Crippen LogP contribution in [0.4, 0.5) is 0 Å². The quantitative estimate of drug-likeness (QED) is 0.870. The molecule has 1 unspecified atom stereocenters. The lowest BCUT2D eigenvalue weighted by Crippen LogP contribution is -2.34. The molecule has 1 atom stereocenters. The molecule has 0 bridgehead atoms. The van der Waals surface area contributed by atoms with E-state index in [1.807, 2.05) is 11.3 Å². The Hall–Kier alpha value is -0.450. The van der Waals surface area contributed by atoms with Crippen LogP contribution in [0.15, 0.2) is 0 Å². The smallest absolute Gasteiger partial charge is 0.0900 e. The number of aromatic nitrogens is 1. The molecule has 0 amide bonds. The minimum absolute atomic E-state index is 0.694. The van der Waals surface area contributed by atoms with E-state index in [9.17, 15) is 0 Å². The molecule has 3 nitrogen and oxygen atoms in total. The number of hydrogen-bond donors (Lipinski definition) is 1. The van der Waals surface area contributed by atoms with Gasteiger partial charge in [0.15, 0.2) is 0 Å². The average molecular weight is 239 g/mol. The predicted octanol–water partition coefficient (Wildman–Crippen LogP) is 1.94. The molecule has 1 aromatic rings. The van der Waals surface area contributed by atoms with Gasteiger partial charge in [0.2, 0.25) is 0 Å². The Labute approximate surface area is 102 Å². The van der Waals surface area contributed by atoms with Crippen molar-refractivity contribution in [3.05, 3.63) is 15.6 Å². The summed E-state index contributed by atoms with van der Waals surface area (Å²) >= 11 is 1.83. The van der Waals surface area contributed by atoms with Gasteiger partial charge in [-0.25, -0.2) is 4.98 Å². The Kier molecular flexibility index (Phi) is 3.95. The van der Waals surface area contributed by atoms with Gasteiger partial charge in [-0.05, 0) is 40.3 Å². The van der Waals surface area contributed by atoms with Crippen molar-refractivity contribution in [1.82, 2.24) is 15.2 Å². The predicted molar refractivity (Wildman–Crippen MR) is 68.9 cm³/mol. The zero-order chi connectivity index (χ0) is 11.5. The molecule has 0 aromatic carbocycles. The second-order valence-corrected chi connectivity index (χ2v) is 6.02. The van der Waals surface area contributed by atoms with Gasteiger partial charge in [-0.1, -0.05) is 0 Å². The van der Waals surface area contributed by atoms with Gasteiger partial charge in [0.1, 0.15) is 0 Å². The van der Waals surface area contributed by atoms with E-state index >= 15 is 0 Å². The van der Waals surface area contributed by atoms with E-state index in [2.05, 4.69) is 36.1 Å². The monoisotopic (exact) mass is 239 g/mol. The van der Waals surface area contributed by atoms with E-state index in [4.69, 9.17) is 0 Å². The molecule has 4 heteroatoms. The van der Waals surface area contributed by atoms with Gasteiger partial charge in [-0.15, -0.1) is 11.3 Å². The number of rotatable bonds is 4. The number of likely N-dealkylation sites (N-methyl/N-ethyl adjacent to an activating group) is 1. The maximum absolute atomic E-state index is 4.47. The normalized spacial score (nSPS) is 20.9. The standard InChI is InChI=1S/C12H21N3S/c1-9-12(16-10(2)14-9)8-15(3)7-11-5-4-6-13-11/h11,13H,4-8H2,1-3H3. The molecule has 1 fully saturated rings. The second-order valence-electron chi connectivity index (χ2n) is 4.73. The number of thiazole rings is 1. The fraction of sp³-hybridized carbons (Fsp3) is 0.750. The molecule has 1 aliphatic rings. The highest BCUT2D eigenvalue weighted by atomic mass is 32.1. The third-order valence-electron chi connectivity index (χ3n) is 3.11. The summed E-state index contributed by atoms with van der Waals surface area (Å²) in [7, 11) is 2.20. The maximum Gasteiger partial charge on any atom is 0.0900 e. The van der Waals surface area contributed by atoms with Gasteiger partial charge in [-0.3, -0.25) is 4.90 Å². The molecule has 2 rings (SSSR count). The summed E-state index contributed by atoms with van der Waals surface area (Å²) in [6.45, 7) is 7.57. The second kappa shape index (κ2) is 5.25. The summed E-state index contributed by atoms with van der Waals surface area (Å²) in [5.41, 5.74) is 1.20. The zero-order valence-corrected chi connectivity index (χ0v) is 11.2. The molecule has 1 N–H and O–H groups in total. The fourth-order valence-corrected chi connectivity index (χ4v) is 3.34. The van der Waals surface area contributed by atoms with Gasteiger partial charge in [0.25, 0.3) is 0 Å². The van der Waals surface area contributed by atoms with Crippen molar-refractivity contribution in [2.75, 3.05) is 20.1 Å².